The van der Waals surface area contributed by atoms with Gasteiger partial charge in [-0.2, -0.15) is 0 Å². The van der Waals surface area contributed by atoms with Crippen molar-refractivity contribution in [2.24, 2.45) is 5.92 Å². The third-order valence-electron chi connectivity index (χ3n) is 5.74. The lowest BCUT2D eigenvalue weighted by Gasteiger charge is -2.40. The van der Waals surface area contributed by atoms with Gasteiger partial charge in [0.1, 0.15) is 5.60 Å². The summed E-state index contributed by atoms with van der Waals surface area (Å²) >= 11 is 0. The Kier molecular flexibility index (Phi) is 7.29. The van der Waals surface area contributed by atoms with Gasteiger partial charge >= 0.3 is 5.97 Å². The zero-order valence-corrected chi connectivity index (χ0v) is 19.3. The summed E-state index contributed by atoms with van der Waals surface area (Å²) < 4.78 is 6.52. The number of benzene rings is 3. The minimum absolute atomic E-state index is 0.0694. The maximum atomic E-state index is 13.5. The van der Waals surface area contributed by atoms with Crippen LogP contribution in [0.3, 0.4) is 0 Å². The molecule has 0 amide bonds. The minimum Gasteiger partial charge on any atom is -0.450 e. The maximum Gasteiger partial charge on any atom is 0.339 e. The third-order valence-corrected chi connectivity index (χ3v) is 5.74. The van der Waals surface area contributed by atoms with Gasteiger partial charge in [-0.1, -0.05) is 84.8 Å². The zero-order chi connectivity index (χ0) is 22.4. The van der Waals surface area contributed by atoms with E-state index in [2.05, 4.69) is 56.3 Å². The molecule has 0 radical (unpaired) electrons. The Morgan fingerprint density at radius 2 is 1.45 bits per heavy atom. The molecule has 0 aromatic heterocycles. The number of carbonyl (C=O) groups is 1. The molecule has 0 N–H and O–H groups in total. The van der Waals surface area contributed by atoms with Gasteiger partial charge in [-0.05, 0) is 51.2 Å². The Bertz CT molecular complexity index is 978. The Labute approximate surface area is 186 Å². The SMILES string of the molecule is Cc1cc(C)cc(C(=O)O[C@@](Cc2ccccc2)(c2ccccc2)[C@@H](C)CN(C)C)c1. The summed E-state index contributed by atoms with van der Waals surface area (Å²) in [5, 5.41) is 0. The van der Waals surface area contributed by atoms with Gasteiger partial charge in [0.25, 0.3) is 0 Å². The van der Waals surface area contributed by atoms with Crippen LogP contribution < -0.4 is 0 Å². The number of esters is 1. The van der Waals surface area contributed by atoms with Crippen molar-refractivity contribution in [3.8, 4) is 0 Å². The van der Waals surface area contributed by atoms with E-state index in [0.717, 1.165) is 28.8 Å². The molecule has 0 aliphatic rings. The second-order valence-electron chi connectivity index (χ2n) is 8.85. The van der Waals surface area contributed by atoms with E-state index in [1.54, 1.807) is 0 Å². The molecule has 2 atom stereocenters. The lowest BCUT2D eigenvalue weighted by molar-refractivity contribution is -0.0572. The first kappa shape index (κ1) is 22.8. The molecule has 0 saturated heterocycles. The smallest absolute Gasteiger partial charge is 0.339 e. The third kappa shape index (κ3) is 5.62. The minimum atomic E-state index is -0.790. The lowest BCUT2D eigenvalue weighted by Crippen LogP contribution is -2.45. The summed E-state index contributed by atoms with van der Waals surface area (Å²) in [6.07, 6.45) is 0.614. The molecule has 3 aromatic carbocycles. The average Bonchev–Trinajstić information content (AvgIpc) is 2.73. The number of hydrogen-bond donors (Lipinski definition) is 0. The largest absolute Gasteiger partial charge is 0.450 e. The van der Waals surface area contributed by atoms with Crippen molar-refractivity contribution in [3.05, 3.63) is 107 Å². The highest BCUT2D eigenvalue weighted by Crippen LogP contribution is 2.39. The predicted octanol–water partition coefficient (Wildman–Crippen LogP) is 5.80. The first-order valence-electron chi connectivity index (χ1n) is 10.9. The van der Waals surface area contributed by atoms with Crippen LogP contribution in [0, 0.1) is 19.8 Å². The van der Waals surface area contributed by atoms with Gasteiger partial charge in [0.15, 0.2) is 0 Å². The molecule has 3 aromatic rings. The number of aryl methyl sites for hydroxylation is 2. The van der Waals surface area contributed by atoms with E-state index in [1.807, 2.05) is 62.4 Å². The van der Waals surface area contributed by atoms with E-state index >= 15 is 0 Å². The summed E-state index contributed by atoms with van der Waals surface area (Å²) in [6.45, 7) is 6.98. The van der Waals surface area contributed by atoms with Crippen molar-refractivity contribution < 1.29 is 9.53 Å². The zero-order valence-electron chi connectivity index (χ0n) is 19.3. The van der Waals surface area contributed by atoms with E-state index < -0.39 is 5.60 Å². The second kappa shape index (κ2) is 9.93. The monoisotopic (exact) mass is 415 g/mol. The van der Waals surface area contributed by atoms with Crippen molar-refractivity contribution in [2.45, 2.75) is 32.8 Å². The van der Waals surface area contributed by atoms with Gasteiger partial charge < -0.3 is 9.64 Å². The Morgan fingerprint density at radius 1 is 0.903 bits per heavy atom. The molecule has 0 bridgehead atoms. The predicted molar refractivity (Wildman–Crippen MR) is 127 cm³/mol. The summed E-state index contributed by atoms with van der Waals surface area (Å²) in [5.41, 5.74) is 4.09. The van der Waals surface area contributed by atoms with E-state index in [0.29, 0.717) is 12.0 Å². The molecule has 0 aliphatic carbocycles. The Hall–Kier alpha value is -2.91. The second-order valence-corrected chi connectivity index (χ2v) is 8.85. The molecule has 31 heavy (non-hydrogen) atoms. The molecular weight excluding hydrogens is 382 g/mol. The quantitative estimate of drug-likeness (QED) is 0.436. The van der Waals surface area contributed by atoms with Crippen LogP contribution in [0.4, 0.5) is 0 Å². The van der Waals surface area contributed by atoms with Crippen LogP contribution >= 0.6 is 0 Å². The molecule has 0 saturated carbocycles. The summed E-state index contributed by atoms with van der Waals surface area (Å²) in [6, 6.07) is 26.3. The van der Waals surface area contributed by atoms with Crippen LogP contribution in [-0.4, -0.2) is 31.5 Å². The fourth-order valence-corrected chi connectivity index (χ4v) is 4.39. The van der Waals surface area contributed by atoms with Gasteiger partial charge in [0.05, 0.1) is 5.56 Å². The lowest BCUT2D eigenvalue weighted by atomic mass is 9.77. The van der Waals surface area contributed by atoms with Crippen molar-refractivity contribution in [1.82, 2.24) is 4.90 Å². The Morgan fingerprint density at radius 3 is 2.00 bits per heavy atom. The Balaban J connectivity index is 2.11. The molecule has 0 fully saturated rings. The molecule has 3 rings (SSSR count). The molecular formula is C28H33NO2. The number of carbonyl (C=O) groups excluding carboxylic acids is 1. The van der Waals surface area contributed by atoms with E-state index in [-0.39, 0.29) is 11.9 Å². The molecule has 3 heteroatoms. The molecule has 0 heterocycles. The van der Waals surface area contributed by atoms with Gasteiger partial charge in [0.2, 0.25) is 0 Å². The highest BCUT2D eigenvalue weighted by molar-refractivity contribution is 5.90. The number of nitrogens with zero attached hydrogens (tertiary/aromatic N) is 1. The fourth-order valence-electron chi connectivity index (χ4n) is 4.39. The van der Waals surface area contributed by atoms with Gasteiger partial charge in [-0.3, -0.25) is 0 Å². The summed E-state index contributed by atoms with van der Waals surface area (Å²) in [5.74, 6) is -0.211. The molecule has 0 unspecified atom stereocenters. The highest BCUT2D eigenvalue weighted by atomic mass is 16.6. The number of ether oxygens (including phenoxy) is 1. The van der Waals surface area contributed by atoms with Crippen LogP contribution in [0.1, 0.15) is 39.5 Å². The maximum absolute atomic E-state index is 13.5. The molecule has 162 valence electrons. The van der Waals surface area contributed by atoms with Crippen LogP contribution in [-0.2, 0) is 16.8 Å². The van der Waals surface area contributed by atoms with Crippen molar-refractivity contribution in [2.75, 3.05) is 20.6 Å². The molecule has 3 nitrogen and oxygen atoms in total. The highest BCUT2D eigenvalue weighted by Gasteiger charge is 2.42. The molecule has 0 spiro atoms. The molecule has 0 aliphatic heterocycles. The van der Waals surface area contributed by atoms with E-state index in [9.17, 15) is 4.79 Å². The van der Waals surface area contributed by atoms with Crippen molar-refractivity contribution in [1.29, 1.82) is 0 Å². The van der Waals surface area contributed by atoms with E-state index in [4.69, 9.17) is 4.74 Å². The number of rotatable bonds is 8. The summed E-state index contributed by atoms with van der Waals surface area (Å²) in [7, 11) is 4.11. The van der Waals surface area contributed by atoms with Gasteiger partial charge in [0, 0.05) is 18.9 Å². The van der Waals surface area contributed by atoms with Gasteiger partial charge in [-0.15, -0.1) is 0 Å². The summed E-state index contributed by atoms with van der Waals surface area (Å²) in [4.78, 5) is 15.6. The van der Waals surface area contributed by atoms with Crippen molar-refractivity contribution in [3.63, 3.8) is 0 Å². The van der Waals surface area contributed by atoms with E-state index in [1.165, 1.54) is 0 Å². The van der Waals surface area contributed by atoms with Crippen LogP contribution in [0.5, 0.6) is 0 Å². The van der Waals surface area contributed by atoms with Crippen LogP contribution in [0.15, 0.2) is 78.9 Å². The fraction of sp³-hybridized carbons (Fsp3) is 0.321. The van der Waals surface area contributed by atoms with Gasteiger partial charge in [-0.25, -0.2) is 4.79 Å². The van der Waals surface area contributed by atoms with Crippen LogP contribution in [0.25, 0.3) is 0 Å². The first-order chi connectivity index (χ1) is 14.8. The van der Waals surface area contributed by atoms with Crippen LogP contribution in [0.2, 0.25) is 0 Å². The first-order valence-corrected chi connectivity index (χ1v) is 10.9. The topological polar surface area (TPSA) is 29.5 Å². The average molecular weight is 416 g/mol. The standard InChI is InChI=1S/C28H33NO2/c1-21-16-22(2)18-25(17-21)27(30)31-28(23(3)20-29(4)5,26-14-10-7-11-15-26)19-24-12-8-6-9-13-24/h6-18,23H,19-20H2,1-5H3/t23-,28+/m0/s1. The normalized spacial score (nSPS) is 14.1. The number of hydrogen-bond acceptors (Lipinski definition) is 3. The van der Waals surface area contributed by atoms with Crippen molar-refractivity contribution >= 4 is 5.97 Å².